The lowest BCUT2D eigenvalue weighted by atomic mass is 10.2. The number of carbonyl (C=O) groups is 2. The van der Waals surface area contributed by atoms with Crippen molar-refractivity contribution in [3.05, 3.63) is 170 Å². The number of hydrogen-bond acceptors (Lipinski definition) is 7. The number of nitrogens with zero attached hydrogens (tertiary/aromatic N) is 1. The summed E-state index contributed by atoms with van der Waals surface area (Å²) >= 11 is 0. The maximum atomic E-state index is 14.1. The highest BCUT2D eigenvalue weighted by Gasteiger charge is 2.58. The van der Waals surface area contributed by atoms with Crippen molar-refractivity contribution in [1.82, 2.24) is 9.44 Å². The molecule has 6 aromatic rings. The Morgan fingerprint density at radius 1 is 0.606 bits per heavy atom. The largest absolute Gasteiger partial charge is 0.396 e. The monoisotopic (exact) mass is 1030 g/mol. The second-order valence-corrected chi connectivity index (χ2v) is 33.1. The predicted octanol–water partition coefficient (Wildman–Crippen LogP) is 8.39. The van der Waals surface area contributed by atoms with E-state index in [0.717, 1.165) is 22.5 Å². The molecule has 4 N–H and O–H groups in total. The molecular formula is C56H74N4O7S2Si2. The fourth-order valence-corrected chi connectivity index (χ4v) is 25.0. The van der Waals surface area contributed by atoms with Crippen LogP contribution in [0.4, 0.5) is 11.4 Å². The number of aliphatic hydroxyl groups is 1. The van der Waals surface area contributed by atoms with Crippen LogP contribution in [0.5, 0.6) is 0 Å². The van der Waals surface area contributed by atoms with Crippen LogP contribution in [0.1, 0.15) is 69.2 Å². The number of carbonyl (C=O) groups excluding carboxylic acids is 2. The van der Waals surface area contributed by atoms with Crippen LogP contribution >= 0.6 is 0 Å². The Bertz CT molecular complexity index is 2800. The Morgan fingerprint density at radius 3 is 1.34 bits per heavy atom. The first-order valence-electron chi connectivity index (χ1n) is 23.2. The second kappa shape index (κ2) is 23.8. The van der Waals surface area contributed by atoms with Gasteiger partial charge in [-0.05, 0) is 85.5 Å². The number of sulfonamides is 2. The van der Waals surface area contributed by atoms with Crippen molar-refractivity contribution >= 4 is 80.1 Å². The molecule has 0 bridgehead atoms. The zero-order valence-electron chi connectivity index (χ0n) is 40.8. The predicted molar refractivity (Wildman–Crippen MR) is 299 cm³/mol. The van der Waals surface area contributed by atoms with Gasteiger partial charge in [0.25, 0.3) is 0 Å². The molecule has 1 heterocycles. The molecule has 0 unspecified atom stereocenters. The van der Waals surface area contributed by atoms with Gasteiger partial charge in [0.05, 0.1) is 9.79 Å². The molecule has 11 nitrogen and oxygen atoms in total. The summed E-state index contributed by atoms with van der Waals surface area (Å²) in [6, 6.07) is 54.1. The summed E-state index contributed by atoms with van der Waals surface area (Å²) in [6.45, 7) is 13.8. The van der Waals surface area contributed by atoms with E-state index in [-0.39, 0.29) is 58.7 Å². The average molecular weight is 1040 g/mol. The molecular weight excluding hydrogens is 961 g/mol. The van der Waals surface area contributed by atoms with Crippen LogP contribution in [-0.2, 0) is 29.6 Å². The van der Waals surface area contributed by atoms with Gasteiger partial charge in [-0.3, -0.25) is 9.59 Å². The molecule has 1 aliphatic rings. The van der Waals surface area contributed by atoms with Gasteiger partial charge in [-0.1, -0.05) is 198 Å². The van der Waals surface area contributed by atoms with Gasteiger partial charge in [0.15, 0.2) is 0 Å². The molecule has 1 saturated heterocycles. The third kappa shape index (κ3) is 11.7. The highest BCUT2D eigenvalue weighted by molar-refractivity contribution is 7.89. The van der Waals surface area contributed by atoms with Crippen LogP contribution in [0.25, 0.3) is 0 Å². The van der Waals surface area contributed by atoms with Crippen LogP contribution in [0, 0.1) is 0 Å². The second-order valence-electron chi connectivity index (χ2n) is 19.4. The van der Waals surface area contributed by atoms with Gasteiger partial charge in [-0.15, -0.1) is 0 Å². The fraction of sp³-hybridized carbons (Fsp3) is 0.321. The summed E-state index contributed by atoms with van der Waals surface area (Å²) in [7, 11) is -9.79. The van der Waals surface area contributed by atoms with Crippen molar-refractivity contribution in [3.8, 4) is 0 Å². The highest BCUT2D eigenvalue weighted by atomic mass is 32.2. The Labute approximate surface area is 426 Å². The van der Waals surface area contributed by atoms with E-state index in [9.17, 15) is 31.5 Å². The molecule has 1 fully saturated rings. The average Bonchev–Trinajstić information content (AvgIpc) is 3.73. The van der Waals surface area contributed by atoms with E-state index in [0.29, 0.717) is 18.7 Å². The third-order valence-electron chi connectivity index (χ3n) is 13.7. The van der Waals surface area contributed by atoms with Gasteiger partial charge in [0.1, 0.15) is 16.1 Å². The first kappa shape index (κ1) is 58.0. The number of benzene rings is 6. The number of nitrogens with one attached hydrogen (secondary N) is 3. The van der Waals surface area contributed by atoms with Crippen molar-refractivity contribution in [3.63, 3.8) is 0 Å². The maximum absolute atomic E-state index is 14.1. The lowest BCUT2D eigenvalue weighted by Gasteiger charge is -2.48. The third-order valence-corrected chi connectivity index (χ3v) is 29.4. The van der Waals surface area contributed by atoms with Crippen molar-refractivity contribution in [2.75, 3.05) is 37.5 Å². The summed E-state index contributed by atoms with van der Waals surface area (Å²) < 4.78 is 53.0. The molecule has 0 aliphatic carbocycles. The van der Waals surface area contributed by atoms with Gasteiger partial charge in [0.2, 0.25) is 31.9 Å². The smallest absolute Gasteiger partial charge is 0.240 e. The molecule has 0 radical (unpaired) electrons. The summed E-state index contributed by atoms with van der Waals surface area (Å²) in [4.78, 5) is 30.2. The minimum Gasteiger partial charge on any atom is -0.396 e. The number of rotatable bonds is 15. The van der Waals surface area contributed by atoms with E-state index in [4.69, 9.17) is 0 Å². The molecule has 1 aliphatic heterocycles. The molecule has 0 spiro atoms. The number of anilines is 2. The standard InChI is InChI=1S/C27H34N2O4SSi.C27H32N2O3SSi.2CH4/c1-27(2,3)35(23-11-7-5-8-12-23,24-13-9-6-10-14-24)25(19-20-30)26(31)29-21-15-17-22(18-16-21)34(32,33)28-4;1-27(2,3)34(23-11-7-5-8-12-23,24-13-9-6-10-14-24)25-19-20-29(26(25)30)21-15-17-22(18-16-21)33(31,32)28-4;;/h5-18,25,28,30H,19-20H2,1-4H3,(H,29,31);5-18,25,28H,19-20H2,1-4H3;2*1H4/t2*25-;;/m00../s1. The van der Waals surface area contributed by atoms with Gasteiger partial charge in [0, 0.05) is 35.6 Å². The Hall–Kier alpha value is -5.53. The van der Waals surface area contributed by atoms with Crippen molar-refractivity contribution in [2.45, 2.75) is 100 Å². The molecule has 380 valence electrons. The van der Waals surface area contributed by atoms with Crippen LogP contribution in [-0.4, -0.2) is 77.2 Å². The van der Waals surface area contributed by atoms with E-state index in [1.165, 1.54) is 36.6 Å². The zero-order chi connectivity index (χ0) is 50.3. The Kier molecular flexibility index (Phi) is 19.5. The lowest BCUT2D eigenvalue weighted by molar-refractivity contribution is -0.117. The maximum Gasteiger partial charge on any atom is 0.240 e. The number of hydrogen-bond donors (Lipinski definition) is 4. The van der Waals surface area contributed by atoms with E-state index < -0.39 is 41.7 Å². The van der Waals surface area contributed by atoms with E-state index in [1.54, 1.807) is 36.4 Å². The Morgan fingerprint density at radius 2 is 0.986 bits per heavy atom. The van der Waals surface area contributed by atoms with Gasteiger partial charge >= 0.3 is 0 Å². The highest BCUT2D eigenvalue weighted by Crippen LogP contribution is 2.48. The first-order chi connectivity index (χ1) is 32.7. The van der Waals surface area contributed by atoms with E-state index >= 15 is 0 Å². The van der Waals surface area contributed by atoms with Crippen LogP contribution < -0.4 is 40.4 Å². The lowest BCUT2D eigenvalue weighted by Crippen LogP contribution is -2.69. The molecule has 2 amide bonds. The quantitative estimate of drug-likeness (QED) is 0.0752. The molecule has 0 aromatic heterocycles. The Balaban J connectivity index is 0.000000300. The minimum absolute atomic E-state index is 0. The number of aliphatic hydroxyl groups excluding tert-OH is 1. The zero-order valence-corrected chi connectivity index (χ0v) is 44.4. The summed E-state index contributed by atoms with van der Waals surface area (Å²) in [6.07, 6.45) is 1.08. The van der Waals surface area contributed by atoms with Crippen molar-refractivity contribution in [2.24, 2.45) is 0 Å². The minimum atomic E-state index is -3.57. The topological polar surface area (TPSA) is 162 Å². The van der Waals surface area contributed by atoms with Crippen molar-refractivity contribution < 1.29 is 31.5 Å². The molecule has 6 aromatic carbocycles. The molecule has 0 saturated carbocycles. The van der Waals surface area contributed by atoms with Gasteiger partial charge < -0.3 is 15.3 Å². The van der Waals surface area contributed by atoms with Crippen LogP contribution in [0.2, 0.25) is 21.2 Å². The fourth-order valence-electron chi connectivity index (χ4n) is 10.7. The number of amides is 2. The van der Waals surface area contributed by atoms with E-state index in [1.807, 2.05) is 53.4 Å². The first-order valence-corrected chi connectivity index (χ1v) is 30.3. The van der Waals surface area contributed by atoms with Crippen LogP contribution in [0.15, 0.2) is 180 Å². The van der Waals surface area contributed by atoms with Gasteiger partial charge in [-0.2, -0.15) is 0 Å². The summed E-state index contributed by atoms with van der Waals surface area (Å²) in [5.41, 5.74) is 0.641. The SMILES string of the molecule is C.C.CNS(=O)(=O)c1ccc(N2CC[C@H]([Si](c3ccccc3)(c3ccccc3)C(C)(C)C)C2=O)cc1.CNS(=O)(=O)c1ccc(NC(=O)[C@H](CCO)[Si](c2ccccc2)(c2ccccc2)C(C)(C)C)cc1. The molecule has 7 rings (SSSR count). The molecule has 71 heavy (non-hydrogen) atoms. The van der Waals surface area contributed by atoms with E-state index in [2.05, 4.69) is 129 Å². The molecule has 2 atom stereocenters. The van der Waals surface area contributed by atoms with Crippen molar-refractivity contribution in [1.29, 1.82) is 0 Å². The normalized spacial score (nSPS) is 14.8. The summed E-state index contributed by atoms with van der Waals surface area (Å²) in [5.74, 6) is -0.0592. The van der Waals surface area contributed by atoms with Gasteiger partial charge in [-0.25, -0.2) is 26.3 Å². The van der Waals surface area contributed by atoms with Crippen LogP contribution in [0.3, 0.4) is 0 Å². The summed E-state index contributed by atoms with van der Waals surface area (Å²) in [5, 5.41) is 17.5. The molecule has 15 heteroatoms.